The Balaban J connectivity index is 1.96. The molecule has 0 fully saturated rings. The van der Waals surface area contributed by atoms with Crippen molar-refractivity contribution in [2.24, 2.45) is 0 Å². The Morgan fingerprint density at radius 2 is 1.60 bits per heavy atom. The highest BCUT2D eigenvalue weighted by Gasteiger charge is 2.20. The molecule has 3 amide bonds. The van der Waals surface area contributed by atoms with Crippen LogP contribution in [0, 0.1) is 0 Å². The SMILES string of the molecule is CCOCCCNC(=O)c1ccc(S(=O)(=O)NC(=O)c2ccc(C(=O)NCC(=O)OC)nc2)cc1. The minimum atomic E-state index is -4.23. The topological polar surface area (TPSA) is 170 Å². The molecule has 1 aromatic heterocycles. The number of ether oxygens (including phenoxy) is 2. The van der Waals surface area contributed by atoms with Crippen LogP contribution in [0.25, 0.3) is 0 Å². The number of amides is 3. The highest BCUT2D eigenvalue weighted by molar-refractivity contribution is 7.90. The van der Waals surface area contributed by atoms with E-state index in [4.69, 9.17) is 4.74 Å². The number of rotatable bonds is 12. The monoisotopic (exact) mass is 506 g/mol. The predicted octanol–water partition coefficient (Wildman–Crippen LogP) is 0.260. The minimum absolute atomic E-state index is 0.0833. The van der Waals surface area contributed by atoms with Crippen molar-refractivity contribution in [2.45, 2.75) is 18.2 Å². The van der Waals surface area contributed by atoms with Gasteiger partial charge in [-0.2, -0.15) is 0 Å². The number of nitrogens with zero attached hydrogens (tertiary/aromatic N) is 1. The number of hydrogen-bond acceptors (Lipinski definition) is 9. The van der Waals surface area contributed by atoms with Crippen molar-refractivity contribution < 1.29 is 37.1 Å². The molecule has 0 saturated carbocycles. The second-order valence-corrected chi connectivity index (χ2v) is 8.64. The third-order valence-corrected chi connectivity index (χ3v) is 5.84. The fourth-order valence-electron chi connectivity index (χ4n) is 2.63. The normalized spacial score (nSPS) is 10.8. The molecule has 0 bridgehead atoms. The van der Waals surface area contributed by atoms with Crippen LogP contribution in [-0.4, -0.2) is 70.5 Å². The number of esters is 1. The number of hydrogen-bond donors (Lipinski definition) is 3. The highest BCUT2D eigenvalue weighted by Crippen LogP contribution is 2.12. The molecule has 0 aliphatic rings. The summed E-state index contributed by atoms with van der Waals surface area (Å²) in [7, 11) is -3.06. The molecule has 188 valence electrons. The number of carbonyl (C=O) groups is 4. The first-order chi connectivity index (χ1) is 16.7. The number of aromatic nitrogens is 1. The van der Waals surface area contributed by atoms with Gasteiger partial charge in [0.05, 0.1) is 17.6 Å². The summed E-state index contributed by atoms with van der Waals surface area (Å²) < 4.78 is 36.6. The first-order valence-corrected chi connectivity index (χ1v) is 12.0. The van der Waals surface area contributed by atoms with Crippen molar-refractivity contribution in [1.29, 1.82) is 0 Å². The van der Waals surface area contributed by atoms with Crippen LogP contribution < -0.4 is 15.4 Å². The first kappa shape index (κ1) is 27.4. The van der Waals surface area contributed by atoms with Crippen molar-refractivity contribution in [3.63, 3.8) is 0 Å². The molecule has 13 heteroatoms. The van der Waals surface area contributed by atoms with E-state index in [0.717, 1.165) is 6.20 Å². The van der Waals surface area contributed by atoms with E-state index in [9.17, 15) is 27.6 Å². The summed E-state index contributed by atoms with van der Waals surface area (Å²) in [5.74, 6) is -2.65. The van der Waals surface area contributed by atoms with Crippen LogP contribution in [0.4, 0.5) is 0 Å². The highest BCUT2D eigenvalue weighted by atomic mass is 32.2. The smallest absolute Gasteiger partial charge is 0.325 e. The molecule has 2 aromatic rings. The van der Waals surface area contributed by atoms with Gasteiger partial charge >= 0.3 is 5.97 Å². The molecule has 1 aromatic carbocycles. The van der Waals surface area contributed by atoms with Crippen molar-refractivity contribution in [3.05, 3.63) is 59.4 Å². The number of pyridine rings is 1. The van der Waals surface area contributed by atoms with Crippen LogP contribution in [0.3, 0.4) is 0 Å². The van der Waals surface area contributed by atoms with E-state index < -0.39 is 27.8 Å². The molecular weight excluding hydrogens is 480 g/mol. The van der Waals surface area contributed by atoms with Gasteiger partial charge in [-0.05, 0) is 49.7 Å². The number of benzene rings is 1. The van der Waals surface area contributed by atoms with Gasteiger partial charge in [0, 0.05) is 31.5 Å². The Kier molecular flexibility index (Phi) is 10.3. The second kappa shape index (κ2) is 13.2. The van der Waals surface area contributed by atoms with E-state index >= 15 is 0 Å². The van der Waals surface area contributed by atoms with E-state index in [1.165, 1.54) is 43.5 Å². The standard InChI is InChI=1S/C22H26N4O8S/c1-3-34-12-4-11-23-20(28)15-5-8-17(9-6-15)35(31,32)26-21(29)16-7-10-18(24-13-16)22(30)25-14-19(27)33-2/h5-10,13H,3-4,11-12,14H2,1-2H3,(H,23,28)(H,25,30)(H,26,29). The van der Waals surface area contributed by atoms with E-state index in [1.54, 1.807) is 0 Å². The van der Waals surface area contributed by atoms with Crippen LogP contribution in [0.5, 0.6) is 0 Å². The Labute approximate surface area is 202 Å². The summed E-state index contributed by atoms with van der Waals surface area (Å²) in [5, 5.41) is 4.99. The Morgan fingerprint density at radius 3 is 2.20 bits per heavy atom. The van der Waals surface area contributed by atoms with E-state index in [2.05, 4.69) is 20.4 Å². The molecule has 2 rings (SSSR count). The van der Waals surface area contributed by atoms with Gasteiger partial charge in [0.15, 0.2) is 0 Å². The van der Waals surface area contributed by atoms with Gasteiger partial charge < -0.3 is 20.1 Å². The van der Waals surface area contributed by atoms with Crippen molar-refractivity contribution in [3.8, 4) is 0 Å². The summed E-state index contributed by atoms with van der Waals surface area (Å²) in [4.78, 5) is 51.1. The van der Waals surface area contributed by atoms with E-state index in [1.807, 2.05) is 11.6 Å². The number of methoxy groups -OCH3 is 1. The van der Waals surface area contributed by atoms with Gasteiger partial charge in [-0.25, -0.2) is 13.1 Å². The lowest BCUT2D eigenvalue weighted by Crippen LogP contribution is -2.32. The van der Waals surface area contributed by atoms with Gasteiger partial charge in [-0.3, -0.25) is 24.2 Å². The minimum Gasteiger partial charge on any atom is -0.468 e. The zero-order valence-corrected chi connectivity index (χ0v) is 20.0. The molecule has 0 spiro atoms. The quantitative estimate of drug-likeness (QED) is 0.270. The van der Waals surface area contributed by atoms with Crippen LogP contribution >= 0.6 is 0 Å². The summed E-state index contributed by atoms with van der Waals surface area (Å²) in [6.45, 7) is 3.05. The Hall–Kier alpha value is -3.84. The van der Waals surface area contributed by atoms with Crippen LogP contribution in [0.2, 0.25) is 0 Å². The molecule has 35 heavy (non-hydrogen) atoms. The number of sulfonamides is 1. The van der Waals surface area contributed by atoms with E-state index in [-0.39, 0.29) is 34.2 Å². The van der Waals surface area contributed by atoms with Crippen LogP contribution in [0.1, 0.15) is 44.5 Å². The summed E-state index contributed by atoms with van der Waals surface area (Å²) >= 11 is 0. The summed E-state index contributed by atoms with van der Waals surface area (Å²) in [6.07, 6.45) is 1.67. The molecule has 0 unspecified atom stereocenters. The third kappa shape index (κ3) is 8.46. The van der Waals surface area contributed by atoms with Crippen molar-refractivity contribution >= 4 is 33.7 Å². The fourth-order valence-corrected chi connectivity index (χ4v) is 3.60. The lowest BCUT2D eigenvalue weighted by Gasteiger charge is -2.09. The number of nitrogens with one attached hydrogen (secondary N) is 3. The average molecular weight is 507 g/mol. The molecule has 0 aliphatic heterocycles. The predicted molar refractivity (Wildman–Crippen MR) is 123 cm³/mol. The molecule has 0 radical (unpaired) electrons. The molecule has 3 N–H and O–H groups in total. The second-order valence-electron chi connectivity index (χ2n) is 6.96. The van der Waals surface area contributed by atoms with Crippen molar-refractivity contribution in [2.75, 3.05) is 33.4 Å². The van der Waals surface area contributed by atoms with Gasteiger partial charge in [-0.15, -0.1) is 0 Å². The first-order valence-electron chi connectivity index (χ1n) is 10.5. The lowest BCUT2D eigenvalue weighted by atomic mass is 10.2. The summed E-state index contributed by atoms with van der Waals surface area (Å²) in [5.41, 5.74) is 0.0677. The zero-order valence-electron chi connectivity index (χ0n) is 19.2. The van der Waals surface area contributed by atoms with Gasteiger partial charge in [-0.1, -0.05) is 0 Å². The third-order valence-electron chi connectivity index (χ3n) is 4.49. The van der Waals surface area contributed by atoms with Crippen LogP contribution in [0.15, 0.2) is 47.5 Å². The molecule has 1 heterocycles. The number of carbonyl (C=O) groups excluding carboxylic acids is 4. The maximum absolute atomic E-state index is 12.5. The fraction of sp³-hybridized carbons (Fsp3) is 0.318. The van der Waals surface area contributed by atoms with Crippen molar-refractivity contribution in [1.82, 2.24) is 20.3 Å². The molecule has 0 saturated heterocycles. The maximum Gasteiger partial charge on any atom is 0.325 e. The van der Waals surface area contributed by atoms with Gasteiger partial charge in [0.25, 0.3) is 27.7 Å². The van der Waals surface area contributed by atoms with Gasteiger partial charge in [0.2, 0.25) is 0 Å². The molecule has 0 atom stereocenters. The Morgan fingerprint density at radius 1 is 0.914 bits per heavy atom. The molecule has 12 nitrogen and oxygen atoms in total. The average Bonchev–Trinajstić information content (AvgIpc) is 2.86. The largest absolute Gasteiger partial charge is 0.468 e. The molecule has 0 aliphatic carbocycles. The molecular formula is C22H26N4O8S. The zero-order chi connectivity index (χ0) is 25.8. The van der Waals surface area contributed by atoms with Crippen LogP contribution in [-0.2, 0) is 24.3 Å². The lowest BCUT2D eigenvalue weighted by molar-refractivity contribution is -0.139. The maximum atomic E-state index is 12.5. The van der Waals surface area contributed by atoms with Gasteiger partial charge in [0.1, 0.15) is 12.2 Å². The van der Waals surface area contributed by atoms with E-state index in [0.29, 0.717) is 26.2 Å². The summed E-state index contributed by atoms with van der Waals surface area (Å²) in [6, 6.07) is 7.50. The Bertz CT molecular complexity index is 1150.